The Morgan fingerprint density at radius 1 is 1.11 bits per heavy atom. The smallest absolute Gasteiger partial charge is 0.137 e. The van der Waals surface area contributed by atoms with Gasteiger partial charge < -0.3 is 5.73 Å². The first kappa shape index (κ1) is 13.6. The molecule has 0 heterocycles. The lowest BCUT2D eigenvalue weighted by atomic mass is 10.1. The molecule has 0 unspecified atom stereocenters. The van der Waals surface area contributed by atoms with Crippen molar-refractivity contribution in [3.63, 3.8) is 0 Å². The maximum atomic E-state index is 13.9. The van der Waals surface area contributed by atoms with E-state index in [0.29, 0.717) is 17.9 Å². The predicted molar refractivity (Wildman–Crippen MR) is 77.4 cm³/mol. The number of hydrogen-bond donors (Lipinski definition) is 1. The van der Waals surface area contributed by atoms with Crippen molar-refractivity contribution in [3.8, 4) is 0 Å². The van der Waals surface area contributed by atoms with E-state index in [4.69, 9.17) is 5.73 Å². The van der Waals surface area contributed by atoms with Crippen LogP contribution in [0.2, 0.25) is 0 Å². The molecule has 18 heavy (non-hydrogen) atoms. The van der Waals surface area contributed by atoms with Crippen LogP contribution in [0.25, 0.3) is 0 Å². The van der Waals surface area contributed by atoms with Crippen LogP contribution in [0.1, 0.15) is 5.56 Å². The van der Waals surface area contributed by atoms with Gasteiger partial charge >= 0.3 is 0 Å². The predicted octanol–water partition coefficient (Wildman–Crippen LogP) is 4.24. The SMILES string of the molecule is NCCc1ccc(Sc2ccc(Br)cc2)c(F)c1. The zero-order valence-electron chi connectivity index (χ0n) is 9.70. The van der Waals surface area contributed by atoms with Crippen molar-refractivity contribution in [1.82, 2.24) is 0 Å². The quantitative estimate of drug-likeness (QED) is 0.909. The molecule has 0 saturated carbocycles. The van der Waals surface area contributed by atoms with Crippen LogP contribution in [0, 0.1) is 5.82 Å². The Bertz CT molecular complexity index is 528. The van der Waals surface area contributed by atoms with Gasteiger partial charge in [0.25, 0.3) is 0 Å². The highest BCUT2D eigenvalue weighted by Gasteiger charge is 2.05. The molecule has 4 heteroatoms. The normalized spacial score (nSPS) is 10.6. The van der Waals surface area contributed by atoms with Crippen molar-refractivity contribution in [2.24, 2.45) is 5.73 Å². The summed E-state index contributed by atoms with van der Waals surface area (Å²) in [4.78, 5) is 1.65. The van der Waals surface area contributed by atoms with Crippen molar-refractivity contribution in [1.29, 1.82) is 0 Å². The molecular weight excluding hydrogens is 313 g/mol. The summed E-state index contributed by atoms with van der Waals surface area (Å²) < 4.78 is 14.9. The Kier molecular flexibility index (Phi) is 4.80. The average Bonchev–Trinajstić information content (AvgIpc) is 2.36. The molecule has 0 bridgehead atoms. The molecule has 0 aliphatic carbocycles. The third-order valence-electron chi connectivity index (χ3n) is 2.47. The van der Waals surface area contributed by atoms with Gasteiger partial charge in [0.2, 0.25) is 0 Å². The summed E-state index contributed by atoms with van der Waals surface area (Å²) in [7, 11) is 0. The van der Waals surface area contributed by atoms with E-state index in [2.05, 4.69) is 15.9 Å². The van der Waals surface area contributed by atoms with E-state index < -0.39 is 0 Å². The lowest BCUT2D eigenvalue weighted by Crippen LogP contribution is -2.02. The topological polar surface area (TPSA) is 26.0 Å². The Hall–Kier alpha value is -0.840. The Labute approximate surface area is 119 Å². The van der Waals surface area contributed by atoms with E-state index >= 15 is 0 Å². The van der Waals surface area contributed by atoms with E-state index in [1.54, 1.807) is 6.07 Å². The maximum absolute atomic E-state index is 13.9. The first-order valence-corrected chi connectivity index (χ1v) is 7.22. The largest absolute Gasteiger partial charge is 0.330 e. The number of nitrogens with two attached hydrogens (primary N) is 1. The average molecular weight is 326 g/mol. The fraction of sp³-hybridized carbons (Fsp3) is 0.143. The van der Waals surface area contributed by atoms with Gasteiger partial charge in [-0.15, -0.1) is 0 Å². The molecule has 0 fully saturated rings. The van der Waals surface area contributed by atoms with Gasteiger partial charge in [-0.2, -0.15) is 0 Å². The van der Waals surface area contributed by atoms with Crippen LogP contribution in [0.3, 0.4) is 0 Å². The highest BCUT2D eigenvalue weighted by Crippen LogP contribution is 2.31. The second-order valence-electron chi connectivity index (χ2n) is 3.86. The van der Waals surface area contributed by atoms with E-state index in [-0.39, 0.29) is 5.82 Å². The standard InChI is InChI=1S/C14H13BrFNS/c15-11-2-4-12(5-3-11)18-14-6-1-10(7-8-17)9-13(14)16/h1-6,9H,7-8,17H2. The van der Waals surface area contributed by atoms with Crippen molar-refractivity contribution in [2.45, 2.75) is 16.2 Å². The molecule has 0 amide bonds. The van der Waals surface area contributed by atoms with Crippen molar-refractivity contribution >= 4 is 27.7 Å². The second kappa shape index (κ2) is 6.36. The van der Waals surface area contributed by atoms with Crippen molar-refractivity contribution in [3.05, 3.63) is 58.3 Å². The van der Waals surface area contributed by atoms with Crippen LogP contribution in [0.4, 0.5) is 4.39 Å². The monoisotopic (exact) mass is 325 g/mol. The molecule has 0 saturated heterocycles. The van der Waals surface area contributed by atoms with E-state index in [0.717, 1.165) is 14.9 Å². The Morgan fingerprint density at radius 3 is 2.44 bits per heavy atom. The summed E-state index contributed by atoms with van der Waals surface area (Å²) in [6.45, 7) is 0.540. The van der Waals surface area contributed by atoms with Gasteiger partial charge in [-0.25, -0.2) is 4.39 Å². The molecule has 2 rings (SSSR count). The fourth-order valence-electron chi connectivity index (χ4n) is 1.58. The minimum Gasteiger partial charge on any atom is -0.330 e. The first-order chi connectivity index (χ1) is 8.69. The van der Waals surface area contributed by atoms with Crippen LogP contribution in [0.15, 0.2) is 56.7 Å². The molecule has 0 aliphatic heterocycles. The van der Waals surface area contributed by atoms with Gasteiger partial charge in [-0.3, -0.25) is 0 Å². The molecule has 0 atom stereocenters. The summed E-state index contributed by atoms with van der Waals surface area (Å²) in [6, 6.07) is 13.1. The summed E-state index contributed by atoms with van der Waals surface area (Å²) in [5.41, 5.74) is 6.39. The first-order valence-electron chi connectivity index (χ1n) is 5.61. The number of benzene rings is 2. The van der Waals surface area contributed by atoms with Crippen LogP contribution in [-0.2, 0) is 6.42 Å². The van der Waals surface area contributed by atoms with Gasteiger partial charge in [0.1, 0.15) is 5.82 Å². The summed E-state index contributed by atoms with van der Waals surface area (Å²) in [5, 5.41) is 0. The summed E-state index contributed by atoms with van der Waals surface area (Å²) >= 11 is 4.80. The van der Waals surface area contributed by atoms with Gasteiger partial charge in [0.05, 0.1) is 0 Å². The Morgan fingerprint density at radius 2 is 1.83 bits per heavy atom. The highest BCUT2D eigenvalue weighted by atomic mass is 79.9. The Balaban J connectivity index is 2.16. The summed E-state index contributed by atoms with van der Waals surface area (Å²) in [6.07, 6.45) is 0.708. The third kappa shape index (κ3) is 3.57. The van der Waals surface area contributed by atoms with Crippen LogP contribution in [-0.4, -0.2) is 6.54 Å². The van der Waals surface area contributed by atoms with Gasteiger partial charge in [-0.1, -0.05) is 33.8 Å². The van der Waals surface area contributed by atoms with Gasteiger partial charge in [0, 0.05) is 14.3 Å². The summed E-state index contributed by atoms with van der Waals surface area (Å²) in [5.74, 6) is -0.186. The van der Waals surface area contributed by atoms with Crippen molar-refractivity contribution < 1.29 is 4.39 Å². The zero-order chi connectivity index (χ0) is 13.0. The number of halogens is 2. The molecular formula is C14H13BrFNS. The minimum absolute atomic E-state index is 0.186. The fourth-order valence-corrected chi connectivity index (χ4v) is 2.66. The van der Waals surface area contributed by atoms with E-state index in [1.807, 2.05) is 36.4 Å². The lowest BCUT2D eigenvalue weighted by molar-refractivity contribution is 0.599. The van der Waals surface area contributed by atoms with Crippen LogP contribution >= 0.6 is 27.7 Å². The highest BCUT2D eigenvalue weighted by molar-refractivity contribution is 9.10. The molecule has 0 radical (unpaired) electrons. The molecule has 1 nitrogen and oxygen atoms in total. The molecule has 94 valence electrons. The maximum Gasteiger partial charge on any atom is 0.137 e. The second-order valence-corrected chi connectivity index (χ2v) is 5.89. The third-order valence-corrected chi connectivity index (χ3v) is 4.06. The van der Waals surface area contributed by atoms with Crippen molar-refractivity contribution in [2.75, 3.05) is 6.54 Å². The van der Waals surface area contributed by atoms with Crippen LogP contribution < -0.4 is 5.73 Å². The number of hydrogen-bond acceptors (Lipinski definition) is 2. The minimum atomic E-state index is -0.186. The molecule has 0 aliphatic rings. The number of rotatable bonds is 4. The van der Waals surface area contributed by atoms with E-state index in [9.17, 15) is 4.39 Å². The van der Waals surface area contributed by atoms with Gasteiger partial charge in [-0.05, 0) is 54.9 Å². The molecule has 0 spiro atoms. The van der Waals surface area contributed by atoms with E-state index in [1.165, 1.54) is 11.8 Å². The molecule has 2 aromatic rings. The molecule has 2 N–H and O–H groups in total. The molecule has 0 aromatic heterocycles. The molecule has 2 aromatic carbocycles. The lowest BCUT2D eigenvalue weighted by Gasteiger charge is -2.05. The van der Waals surface area contributed by atoms with Crippen LogP contribution in [0.5, 0.6) is 0 Å². The van der Waals surface area contributed by atoms with Gasteiger partial charge in [0.15, 0.2) is 0 Å². The zero-order valence-corrected chi connectivity index (χ0v) is 12.1.